The molecule has 2 heterocycles. The number of halogens is 1. The molecule has 1 amide bonds. The minimum Gasteiger partial charge on any atom is -0.481 e. The van der Waals surface area contributed by atoms with Gasteiger partial charge in [0.05, 0.1) is 16.9 Å². The third kappa shape index (κ3) is 2.78. The van der Waals surface area contributed by atoms with Crippen molar-refractivity contribution in [2.75, 3.05) is 5.32 Å². The molecular weight excluding hydrogens is 424 g/mol. The van der Waals surface area contributed by atoms with Crippen LogP contribution in [0.1, 0.15) is 29.0 Å². The molecule has 2 atom stereocenters. The average Bonchev–Trinajstić information content (AvgIpc) is 3.23. The Labute approximate surface area is 189 Å². The van der Waals surface area contributed by atoms with E-state index in [0.717, 1.165) is 50.8 Å². The number of amides is 1. The van der Waals surface area contributed by atoms with Crippen molar-refractivity contribution < 1.29 is 14.7 Å². The number of carbonyl (C=O) groups is 2. The lowest BCUT2D eigenvalue weighted by Gasteiger charge is -2.13. The van der Waals surface area contributed by atoms with Gasteiger partial charge in [-0.05, 0) is 64.4 Å². The number of carboxylic acid groups (broad SMARTS) is 1. The molecule has 0 saturated heterocycles. The molecule has 0 radical (unpaired) electrons. The topological polar surface area (TPSA) is 82.2 Å². The molecular formula is C26H19ClN2O3. The number of aromatic amines is 1. The second-order valence-corrected chi connectivity index (χ2v) is 9.06. The fourth-order valence-corrected chi connectivity index (χ4v) is 5.37. The first-order valence-electron chi connectivity index (χ1n) is 10.5. The number of rotatable bonds is 4. The van der Waals surface area contributed by atoms with Crippen LogP contribution in [0.25, 0.3) is 22.0 Å². The van der Waals surface area contributed by atoms with Crippen LogP contribution in [0, 0.1) is 0 Å². The number of anilines is 1. The smallest absolute Gasteiger partial charge is 0.307 e. The molecule has 2 unspecified atom stereocenters. The summed E-state index contributed by atoms with van der Waals surface area (Å²) in [6.07, 6.45) is 2.63. The molecule has 1 spiro atoms. The van der Waals surface area contributed by atoms with Gasteiger partial charge in [0.15, 0.2) is 0 Å². The van der Waals surface area contributed by atoms with Crippen LogP contribution in [0.2, 0.25) is 5.02 Å². The predicted octanol–water partition coefficient (Wildman–Crippen LogP) is 5.49. The predicted molar refractivity (Wildman–Crippen MR) is 124 cm³/mol. The molecule has 5 nitrogen and oxygen atoms in total. The normalized spacial score (nSPS) is 21.0. The molecule has 1 aliphatic heterocycles. The standard InChI is InChI=1S/C26H19ClN2O3/c27-21-12-23-19(11-18(21)16-5-6-22-17(10-16)7-8-28-22)26(25(32)29-23)13-20(26)15-3-1-14(2-4-15)9-24(30)31/h1-8,10-12,20,28H,9,13H2,(H,29,32)(H,30,31). The zero-order chi connectivity index (χ0) is 22.0. The monoisotopic (exact) mass is 442 g/mol. The zero-order valence-electron chi connectivity index (χ0n) is 17.0. The van der Waals surface area contributed by atoms with Crippen molar-refractivity contribution in [3.63, 3.8) is 0 Å². The highest BCUT2D eigenvalue weighted by atomic mass is 35.5. The zero-order valence-corrected chi connectivity index (χ0v) is 17.7. The summed E-state index contributed by atoms with van der Waals surface area (Å²) in [5.74, 6) is -0.794. The van der Waals surface area contributed by atoms with Crippen LogP contribution in [0.3, 0.4) is 0 Å². The van der Waals surface area contributed by atoms with Crippen molar-refractivity contribution in [3.05, 3.63) is 88.6 Å². The Bertz CT molecular complexity index is 1420. The quantitative estimate of drug-likeness (QED) is 0.390. The molecule has 6 rings (SSSR count). The molecule has 32 heavy (non-hydrogen) atoms. The molecule has 0 bridgehead atoms. The maximum Gasteiger partial charge on any atom is 0.307 e. The highest BCUT2D eigenvalue weighted by Crippen LogP contribution is 2.65. The highest BCUT2D eigenvalue weighted by molar-refractivity contribution is 6.34. The summed E-state index contributed by atoms with van der Waals surface area (Å²) in [5.41, 5.74) is 5.94. The number of carbonyl (C=O) groups excluding carboxylic acids is 1. The minimum atomic E-state index is -0.855. The summed E-state index contributed by atoms with van der Waals surface area (Å²) in [6.45, 7) is 0. The first kappa shape index (κ1) is 19.1. The van der Waals surface area contributed by atoms with Gasteiger partial charge < -0.3 is 15.4 Å². The van der Waals surface area contributed by atoms with Gasteiger partial charge in [-0.2, -0.15) is 0 Å². The second kappa shape index (κ2) is 6.71. The van der Waals surface area contributed by atoms with E-state index in [0.29, 0.717) is 5.02 Å². The molecule has 4 aromatic rings. The SMILES string of the molecule is O=C(O)Cc1ccc(C2CC23C(=O)Nc2cc(Cl)c(-c4ccc5[nH]ccc5c4)cc23)cc1. The molecule has 1 fully saturated rings. The molecule has 158 valence electrons. The second-order valence-electron chi connectivity index (χ2n) is 8.65. The molecule has 2 aliphatic rings. The summed E-state index contributed by atoms with van der Waals surface area (Å²) in [5, 5.41) is 13.7. The van der Waals surface area contributed by atoms with Gasteiger partial charge in [-0.25, -0.2) is 0 Å². The molecule has 6 heteroatoms. The fourth-order valence-electron chi connectivity index (χ4n) is 5.10. The number of benzene rings is 3. The molecule has 1 aromatic heterocycles. The Hall–Kier alpha value is -3.57. The van der Waals surface area contributed by atoms with Gasteiger partial charge in [0.2, 0.25) is 5.91 Å². The molecule has 1 aliphatic carbocycles. The van der Waals surface area contributed by atoms with Gasteiger partial charge in [0.25, 0.3) is 0 Å². The summed E-state index contributed by atoms with van der Waals surface area (Å²) in [4.78, 5) is 27.2. The van der Waals surface area contributed by atoms with Crippen LogP contribution in [-0.2, 0) is 21.4 Å². The molecule has 3 aromatic carbocycles. The highest BCUT2D eigenvalue weighted by Gasteiger charge is 2.65. The Morgan fingerprint density at radius 3 is 2.69 bits per heavy atom. The maximum absolute atomic E-state index is 13.1. The Morgan fingerprint density at radius 2 is 1.91 bits per heavy atom. The van der Waals surface area contributed by atoms with Crippen LogP contribution in [0.4, 0.5) is 5.69 Å². The number of nitrogens with one attached hydrogen (secondary N) is 2. The maximum atomic E-state index is 13.1. The van der Waals surface area contributed by atoms with E-state index in [9.17, 15) is 9.59 Å². The lowest BCUT2D eigenvalue weighted by molar-refractivity contribution is -0.136. The van der Waals surface area contributed by atoms with Crippen molar-refractivity contribution >= 4 is 40.1 Å². The minimum absolute atomic E-state index is 0.00131. The number of H-pyrrole nitrogens is 1. The van der Waals surface area contributed by atoms with E-state index in [-0.39, 0.29) is 18.2 Å². The van der Waals surface area contributed by atoms with E-state index < -0.39 is 11.4 Å². The Kier molecular flexibility index (Phi) is 4.01. The summed E-state index contributed by atoms with van der Waals surface area (Å²) < 4.78 is 0. The van der Waals surface area contributed by atoms with E-state index in [1.165, 1.54) is 0 Å². The van der Waals surface area contributed by atoms with Crippen molar-refractivity contribution in [3.8, 4) is 11.1 Å². The first-order valence-corrected chi connectivity index (χ1v) is 10.9. The van der Waals surface area contributed by atoms with E-state index in [1.54, 1.807) is 0 Å². The van der Waals surface area contributed by atoms with Crippen molar-refractivity contribution in [2.24, 2.45) is 0 Å². The lowest BCUT2D eigenvalue weighted by atomic mass is 9.89. The third-order valence-corrected chi connectivity index (χ3v) is 7.12. The van der Waals surface area contributed by atoms with E-state index in [1.807, 2.05) is 54.7 Å². The summed E-state index contributed by atoms with van der Waals surface area (Å²) in [7, 11) is 0. The number of fused-ring (bicyclic) bond motifs is 3. The van der Waals surface area contributed by atoms with Crippen molar-refractivity contribution in [2.45, 2.75) is 24.2 Å². The average molecular weight is 443 g/mol. The lowest BCUT2D eigenvalue weighted by Crippen LogP contribution is -2.21. The van der Waals surface area contributed by atoms with Gasteiger partial charge >= 0.3 is 5.97 Å². The van der Waals surface area contributed by atoms with Gasteiger partial charge in [-0.1, -0.05) is 41.9 Å². The summed E-state index contributed by atoms with van der Waals surface area (Å²) >= 11 is 6.63. The number of aliphatic carboxylic acids is 1. The van der Waals surface area contributed by atoms with Crippen LogP contribution >= 0.6 is 11.6 Å². The van der Waals surface area contributed by atoms with E-state index >= 15 is 0 Å². The van der Waals surface area contributed by atoms with Gasteiger partial charge in [-0.3, -0.25) is 9.59 Å². The fraction of sp³-hybridized carbons (Fsp3) is 0.154. The van der Waals surface area contributed by atoms with Gasteiger partial charge in [-0.15, -0.1) is 0 Å². The van der Waals surface area contributed by atoms with Crippen molar-refractivity contribution in [1.29, 1.82) is 0 Å². The van der Waals surface area contributed by atoms with E-state index in [2.05, 4.69) is 22.4 Å². The molecule has 3 N–H and O–H groups in total. The number of hydrogen-bond acceptors (Lipinski definition) is 2. The van der Waals surface area contributed by atoms with Crippen LogP contribution in [0.5, 0.6) is 0 Å². The van der Waals surface area contributed by atoms with Gasteiger partial charge in [0.1, 0.15) is 0 Å². The number of carboxylic acids is 1. The third-order valence-electron chi connectivity index (χ3n) is 6.80. The molecule has 1 saturated carbocycles. The van der Waals surface area contributed by atoms with E-state index in [4.69, 9.17) is 16.7 Å². The van der Waals surface area contributed by atoms with Crippen LogP contribution in [0.15, 0.2) is 66.9 Å². The largest absolute Gasteiger partial charge is 0.481 e. The van der Waals surface area contributed by atoms with Gasteiger partial charge in [0, 0.05) is 28.9 Å². The summed E-state index contributed by atoms with van der Waals surface area (Å²) in [6, 6.07) is 19.7. The van der Waals surface area contributed by atoms with Crippen molar-refractivity contribution in [1.82, 2.24) is 4.98 Å². The number of hydrogen-bond donors (Lipinski definition) is 3. The Morgan fingerprint density at radius 1 is 1.09 bits per heavy atom. The first-order chi connectivity index (χ1) is 15.5. The Balaban J connectivity index is 1.39. The van der Waals surface area contributed by atoms with Crippen LogP contribution in [-0.4, -0.2) is 22.0 Å². The van der Waals surface area contributed by atoms with Crippen LogP contribution < -0.4 is 5.32 Å². The number of aromatic nitrogens is 1.